The first-order valence-corrected chi connectivity index (χ1v) is 9.81. The summed E-state index contributed by atoms with van der Waals surface area (Å²) in [6.45, 7) is 7.88. The number of carbonyl (C=O) groups is 1. The number of nitrogens with one attached hydrogen (secondary N) is 1. The smallest absolute Gasteiger partial charge is 0.270 e. The van der Waals surface area contributed by atoms with Crippen molar-refractivity contribution in [2.45, 2.75) is 58.7 Å². The zero-order valence-electron chi connectivity index (χ0n) is 16.6. The predicted molar refractivity (Wildman–Crippen MR) is 106 cm³/mol. The minimum absolute atomic E-state index is 0.0788. The lowest BCUT2D eigenvalue weighted by Gasteiger charge is -2.21. The summed E-state index contributed by atoms with van der Waals surface area (Å²) in [5, 5.41) is 18.0. The third kappa shape index (κ3) is 3.46. The summed E-state index contributed by atoms with van der Waals surface area (Å²) in [5.74, 6) is -0.321. The van der Waals surface area contributed by atoms with Gasteiger partial charge < -0.3 is 21.1 Å². The van der Waals surface area contributed by atoms with Crippen molar-refractivity contribution in [3.8, 4) is 5.88 Å². The Hall–Kier alpha value is -2.55. The first-order valence-electron chi connectivity index (χ1n) is 9.81. The summed E-state index contributed by atoms with van der Waals surface area (Å²) in [6, 6.07) is 1.94. The second-order valence-corrected chi connectivity index (χ2v) is 9.17. The molecule has 2 aliphatic rings. The molecule has 1 aliphatic heterocycles. The van der Waals surface area contributed by atoms with Gasteiger partial charge in [-0.25, -0.2) is 0 Å². The van der Waals surface area contributed by atoms with Gasteiger partial charge in [0.15, 0.2) is 11.4 Å². The van der Waals surface area contributed by atoms with E-state index < -0.39 is 17.3 Å². The van der Waals surface area contributed by atoms with Crippen molar-refractivity contribution in [2.24, 2.45) is 11.1 Å². The lowest BCUT2D eigenvalue weighted by Crippen LogP contribution is -2.37. The molecule has 2 fully saturated rings. The summed E-state index contributed by atoms with van der Waals surface area (Å²) in [7, 11) is 0. The summed E-state index contributed by atoms with van der Waals surface area (Å²) < 4.78 is 2.84. The Bertz CT molecular complexity index is 982. The summed E-state index contributed by atoms with van der Waals surface area (Å²) in [4.78, 5) is 27.9. The molecule has 0 aromatic carbocycles. The van der Waals surface area contributed by atoms with E-state index in [0.717, 1.165) is 25.8 Å². The first kappa shape index (κ1) is 18.8. The summed E-state index contributed by atoms with van der Waals surface area (Å²) in [6.07, 6.45) is 2.65. The number of anilines is 1. The maximum absolute atomic E-state index is 13.2. The van der Waals surface area contributed by atoms with E-state index >= 15 is 0 Å². The van der Waals surface area contributed by atoms with Gasteiger partial charge in [0, 0.05) is 37.8 Å². The van der Waals surface area contributed by atoms with Crippen LogP contribution in [0, 0.1) is 5.41 Å². The molecule has 28 heavy (non-hydrogen) atoms. The molecule has 0 radical (unpaired) electrons. The van der Waals surface area contributed by atoms with Gasteiger partial charge in [0.05, 0.1) is 0 Å². The molecular weight excluding hydrogens is 360 g/mol. The first-order chi connectivity index (χ1) is 13.1. The summed E-state index contributed by atoms with van der Waals surface area (Å²) in [5.41, 5.74) is 5.52. The Morgan fingerprint density at radius 1 is 1.36 bits per heavy atom. The molecule has 0 spiro atoms. The maximum Gasteiger partial charge on any atom is 0.270 e. The van der Waals surface area contributed by atoms with Gasteiger partial charge in [0.25, 0.3) is 11.5 Å². The van der Waals surface area contributed by atoms with E-state index in [1.807, 2.05) is 25.7 Å². The Labute approximate surface area is 163 Å². The molecule has 4 N–H and O–H groups in total. The Morgan fingerprint density at radius 3 is 2.64 bits per heavy atom. The second kappa shape index (κ2) is 6.51. The largest absolute Gasteiger partial charge is 0.492 e. The van der Waals surface area contributed by atoms with E-state index in [0.29, 0.717) is 24.6 Å². The fraction of sp³-hybridized carbons (Fsp3) is 0.632. The molecule has 0 bridgehead atoms. The molecule has 1 unspecified atom stereocenters. The molecule has 1 saturated heterocycles. The Kier molecular flexibility index (Phi) is 4.37. The second-order valence-electron chi connectivity index (χ2n) is 9.17. The highest BCUT2D eigenvalue weighted by Gasteiger charge is 2.31. The number of fused-ring (bicyclic) bond motifs is 1. The van der Waals surface area contributed by atoms with E-state index in [1.54, 1.807) is 6.07 Å². The maximum atomic E-state index is 13.2. The normalized spacial score (nSPS) is 20.1. The van der Waals surface area contributed by atoms with Crippen LogP contribution in [0.1, 0.15) is 50.4 Å². The number of carbonyl (C=O) groups excluding carboxylic acids is 1. The molecule has 1 saturated carbocycles. The van der Waals surface area contributed by atoms with Gasteiger partial charge >= 0.3 is 0 Å². The fourth-order valence-corrected chi connectivity index (χ4v) is 3.61. The zero-order chi connectivity index (χ0) is 20.2. The fourth-order valence-electron chi connectivity index (χ4n) is 3.61. The van der Waals surface area contributed by atoms with Gasteiger partial charge in [-0.2, -0.15) is 4.52 Å². The average molecular weight is 388 g/mol. The monoisotopic (exact) mass is 388 g/mol. The van der Waals surface area contributed by atoms with Crippen LogP contribution in [-0.2, 0) is 6.54 Å². The van der Waals surface area contributed by atoms with Gasteiger partial charge in [0.2, 0.25) is 5.88 Å². The third-order valence-electron chi connectivity index (χ3n) is 5.16. The molecule has 1 amide bonds. The van der Waals surface area contributed by atoms with E-state index in [9.17, 15) is 14.7 Å². The Balaban J connectivity index is 1.87. The van der Waals surface area contributed by atoms with Gasteiger partial charge in [-0.1, -0.05) is 20.8 Å². The van der Waals surface area contributed by atoms with Gasteiger partial charge in [0.1, 0.15) is 5.65 Å². The minimum atomic E-state index is -0.546. The molecule has 4 rings (SSSR count). The van der Waals surface area contributed by atoms with Gasteiger partial charge in [-0.05, 0) is 24.7 Å². The number of nitrogens with zero attached hydrogens (tertiary/aromatic N) is 4. The van der Waals surface area contributed by atoms with E-state index in [1.165, 1.54) is 9.08 Å². The van der Waals surface area contributed by atoms with E-state index in [4.69, 9.17) is 5.73 Å². The molecule has 1 aliphatic carbocycles. The van der Waals surface area contributed by atoms with Gasteiger partial charge in [-0.3, -0.25) is 14.2 Å². The van der Waals surface area contributed by atoms with Crippen LogP contribution in [0.3, 0.4) is 0 Å². The highest BCUT2D eigenvalue weighted by atomic mass is 16.3. The standard InChI is InChI=1S/C19H28N6O3/c1-19(2,3)10-24-14-8-13(23-7-6-11(20)9-23)22-25(14)18(28)15(17(24)27)16(26)21-12-4-5-12/h8,11-12,28H,4-7,9-10,20H2,1-3H3,(H,21,26). The van der Waals surface area contributed by atoms with Gasteiger partial charge in [-0.15, -0.1) is 5.10 Å². The number of aromatic hydroxyl groups is 1. The topological polar surface area (TPSA) is 118 Å². The van der Waals surface area contributed by atoms with Crippen LogP contribution in [0.15, 0.2) is 10.9 Å². The van der Waals surface area contributed by atoms with E-state index in [2.05, 4.69) is 10.4 Å². The van der Waals surface area contributed by atoms with Crippen LogP contribution in [0.25, 0.3) is 5.65 Å². The molecular formula is C19H28N6O3. The number of aromatic nitrogens is 3. The van der Waals surface area contributed by atoms with Crippen molar-refractivity contribution in [3.63, 3.8) is 0 Å². The lowest BCUT2D eigenvalue weighted by molar-refractivity contribution is 0.0944. The molecule has 2 aromatic rings. The number of hydrogen-bond acceptors (Lipinski definition) is 6. The van der Waals surface area contributed by atoms with Crippen LogP contribution in [-0.4, -0.2) is 50.4 Å². The van der Waals surface area contributed by atoms with Crippen molar-refractivity contribution >= 4 is 17.4 Å². The third-order valence-corrected chi connectivity index (χ3v) is 5.16. The van der Waals surface area contributed by atoms with Crippen LogP contribution in [0.5, 0.6) is 5.88 Å². The molecule has 2 aromatic heterocycles. The number of amides is 1. The van der Waals surface area contributed by atoms with Crippen molar-refractivity contribution < 1.29 is 9.90 Å². The van der Waals surface area contributed by atoms with E-state index in [-0.39, 0.29) is 23.1 Å². The average Bonchev–Trinajstić information content (AvgIpc) is 3.12. The zero-order valence-corrected chi connectivity index (χ0v) is 16.6. The SMILES string of the molecule is CC(C)(C)Cn1c(=O)c(C(=O)NC2CC2)c(O)n2nc(N3CCC(N)C3)cc12. The minimum Gasteiger partial charge on any atom is -0.492 e. The quantitative estimate of drug-likeness (QED) is 0.709. The van der Waals surface area contributed by atoms with Crippen molar-refractivity contribution in [1.82, 2.24) is 19.5 Å². The van der Waals surface area contributed by atoms with Crippen LogP contribution in [0.4, 0.5) is 5.82 Å². The Morgan fingerprint density at radius 2 is 2.07 bits per heavy atom. The molecule has 3 heterocycles. The van der Waals surface area contributed by atoms with Crippen LogP contribution >= 0.6 is 0 Å². The molecule has 152 valence electrons. The highest BCUT2D eigenvalue weighted by molar-refractivity contribution is 5.96. The predicted octanol–water partition coefficient (Wildman–Crippen LogP) is 0.677. The van der Waals surface area contributed by atoms with Crippen LogP contribution in [0.2, 0.25) is 0 Å². The van der Waals surface area contributed by atoms with Crippen molar-refractivity contribution in [2.75, 3.05) is 18.0 Å². The number of nitrogens with two attached hydrogens (primary N) is 1. The van der Waals surface area contributed by atoms with Crippen molar-refractivity contribution in [1.29, 1.82) is 0 Å². The molecule has 9 nitrogen and oxygen atoms in total. The van der Waals surface area contributed by atoms with Crippen LogP contribution < -0.4 is 21.5 Å². The number of hydrogen-bond donors (Lipinski definition) is 3. The van der Waals surface area contributed by atoms with Crippen molar-refractivity contribution in [3.05, 3.63) is 22.0 Å². The molecule has 9 heteroatoms. The number of rotatable bonds is 4. The summed E-state index contributed by atoms with van der Waals surface area (Å²) >= 11 is 0. The molecule has 1 atom stereocenters. The highest BCUT2D eigenvalue weighted by Crippen LogP contribution is 2.27. The lowest BCUT2D eigenvalue weighted by atomic mass is 9.97.